The van der Waals surface area contributed by atoms with Gasteiger partial charge in [-0.15, -0.1) is 0 Å². The zero-order valence-electron chi connectivity index (χ0n) is 20.0. The van der Waals surface area contributed by atoms with Gasteiger partial charge in [0.2, 0.25) is 0 Å². The molecule has 0 aliphatic carbocycles. The van der Waals surface area contributed by atoms with Gasteiger partial charge in [0.1, 0.15) is 5.82 Å². The van der Waals surface area contributed by atoms with Crippen LogP contribution >= 0.6 is 0 Å². The second-order valence-electron chi connectivity index (χ2n) is 9.21. The van der Waals surface area contributed by atoms with Gasteiger partial charge < -0.3 is 4.57 Å². The zero-order chi connectivity index (χ0) is 23.7. The highest BCUT2D eigenvalue weighted by atomic mass is 16.2. The standard InChI is InChI=1S/C26H32N6O2/c1-3-4-12-32-24-23(25(33)28-26(32)34)29(2)22(27-24)18-31-15-13-30(14-16-31)17-20-10-7-9-19-8-5-6-11-21(19)20/h5-11H,3-4,12-18H2,1-2H3,(H,28,33,34). The van der Waals surface area contributed by atoms with E-state index in [1.807, 2.05) is 11.6 Å². The first kappa shape index (κ1) is 22.6. The van der Waals surface area contributed by atoms with Crippen molar-refractivity contribution < 1.29 is 0 Å². The number of aromatic amines is 1. The molecule has 2 aromatic carbocycles. The van der Waals surface area contributed by atoms with Crippen molar-refractivity contribution >= 4 is 21.9 Å². The number of H-pyrrole nitrogens is 1. The molecule has 178 valence electrons. The number of unbranched alkanes of at least 4 members (excludes halogenated alkanes) is 1. The molecule has 1 fully saturated rings. The van der Waals surface area contributed by atoms with Crippen LogP contribution in [0.4, 0.5) is 0 Å². The van der Waals surface area contributed by atoms with Crippen molar-refractivity contribution in [2.24, 2.45) is 7.05 Å². The molecular formula is C26H32N6O2. The molecule has 34 heavy (non-hydrogen) atoms. The summed E-state index contributed by atoms with van der Waals surface area (Å²) in [5.41, 5.74) is 1.59. The summed E-state index contributed by atoms with van der Waals surface area (Å²) >= 11 is 0. The van der Waals surface area contributed by atoms with Crippen molar-refractivity contribution in [2.45, 2.75) is 39.4 Å². The number of rotatable bonds is 7. The Balaban J connectivity index is 1.29. The summed E-state index contributed by atoms with van der Waals surface area (Å²) in [4.78, 5) is 37.0. The van der Waals surface area contributed by atoms with E-state index in [0.717, 1.165) is 51.4 Å². The number of hydrogen-bond acceptors (Lipinski definition) is 5. The third-order valence-corrected chi connectivity index (χ3v) is 6.94. The molecule has 4 aromatic rings. The topological polar surface area (TPSA) is 79.2 Å². The van der Waals surface area contributed by atoms with Gasteiger partial charge in [-0.05, 0) is 22.8 Å². The number of aryl methyl sites for hydroxylation is 2. The van der Waals surface area contributed by atoms with Crippen LogP contribution in [-0.2, 0) is 26.7 Å². The van der Waals surface area contributed by atoms with Crippen LogP contribution < -0.4 is 11.2 Å². The van der Waals surface area contributed by atoms with E-state index < -0.39 is 0 Å². The maximum absolute atomic E-state index is 12.5. The Kier molecular flexibility index (Phi) is 6.34. The molecule has 0 atom stereocenters. The number of benzene rings is 2. The van der Waals surface area contributed by atoms with Gasteiger partial charge in [-0.25, -0.2) is 9.78 Å². The predicted molar refractivity (Wildman–Crippen MR) is 135 cm³/mol. The van der Waals surface area contributed by atoms with E-state index in [4.69, 9.17) is 4.98 Å². The Morgan fingerprint density at radius 2 is 1.65 bits per heavy atom. The van der Waals surface area contributed by atoms with Gasteiger partial charge in [-0.3, -0.25) is 24.1 Å². The number of imidazole rings is 1. The highest BCUT2D eigenvalue weighted by molar-refractivity contribution is 5.85. The highest BCUT2D eigenvalue weighted by Gasteiger charge is 2.22. The normalized spacial score (nSPS) is 15.5. The molecule has 0 radical (unpaired) electrons. The number of nitrogens with zero attached hydrogens (tertiary/aromatic N) is 5. The van der Waals surface area contributed by atoms with Crippen LogP contribution in [-0.4, -0.2) is 55.1 Å². The van der Waals surface area contributed by atoms with Crippen LogP contribution in [0, 0.1) is 0 Å². The van der Waals surface area contributed by atoms with Crippen molar-refractivity contribution in [3.63, 3.8) is 0 Å². The van der Waals surface area contributed by atoms with Crippen LogP contribution in [0.1, 0.15) is 31.2 Å². The predicted octanol–water partition coefficient (Wildman–Crippen LogP) is 2.69. The first-order valence-corrected chi connectivity index (χ1v) is 12.1. The van der Waals surface area contributed by atoms with Crippen molar-refractivity contribution in [2.75, 3.05) is 26.2 Å². The second-order valence-corrected chi connectivity index (χ2v) is 9.21. The molecule has 0 bridgehead atoms. The third kappa shape index (κ3) is 4.31. The van der Waals surface area contributed by atoms with E-state index in [9.17, 15) is 9.59 Å². The van der Waals surface area contributed by atoms with Crippen molar-refractivity contribution in [1.82, 2.24) is 28.9 Å². The Morgan fingerprint density at radius 1 is 0.941 bits per heavy atom. The quantitative estimate of drug-likeness (QED) is 0.459. The van der Waals surface area contributed by atoms with E-state index in [1.165, 1.54) is 16.3 Å². The summed E-state index contributed by atoms with van der Waals surface area (Å²) in [6.07, 6.45) is 1.83. The maximum atomic E-state index is 12.5. The van der Waals surface area contributed by atoms with Crippen LogP contribution in [0.25, 0.3) is 21.9 Å². The van der Waals surface area contributed by atoms with E-state index in [0.29, 0.717) is 24.3 Å². The van der Waals surface area contributed by atoms with Gasteiger partial charge in [0.05, 0.1) is 6.54 Å². The third-order valence-electron chi connectivity index (χ3n) is 6.94. The number of hydrogen-bond donors (Lipinski definition) is 1. The van der Waals surface area contributed by atoms with E-state index >= 15 is 0 Å². The minimum Gasteiger partial charge on any atom is -0.324 e. The molecule has 8 nitrogen and oxygen atoms in total. The first-order valence-electron chi connectivity index (χ1n) is 12.1. The molecule has 0 amide bonds. The largest absolute Gasteiger partial charge is 0.330 e. The van der Waals surface area contributed by atoms with Crippen LogP contribution in [0.5, 0.6) is 0 Å². The van der Waals surface area contributed by atoms with Crippen LogP contribution in [0.15, 0.2) is 52.1 Å². The summed E-state index contributed by atoms with van der Waals surface area (Å²) in [6.45, 7) is 8.09. The van der Waals surface area contributed by atoms with Gasteiger partial charge in [0.25, 0.3) is 5.56 Å². The molecular weight excluding hydrogens is 428 g/mol. The van der Waals surface area contributed by atoms with E-state index in [2.05, 4.69) is 64.2 Å². The minimum absolute atomic E-state index is 0.367. The maximum Gasteiger partial charge on any atom is 0.330 e. The summed E-state index contributed by atoms with van der Waals surface area (Å²) < 4.78 is 3.45. The van der Waals surface area contributed by atoms with Crippen molar-refractivity contribution in [1.29, 1.82) is 0 Å². The fraction of sp³-hybridized carbons (Fsp3) is 0.423. The Morgan fingerprint density at radius 3 is 2.41 bits per heavy atom. The average Bonchev–Trinajstić information content (AvgIpc) is 3.16. The van der Waals surface area contributed by atoms with Crippen LogP contribution in [0.2, 0.25) is 0 Å². The lowest BCUT2D eigenvalue weighted by atomic mass is 10.0. The average molecular weight is 461 g/mol. The summed E-state index contributed by atoms with van der Waals surface area (Å²) in [7, 11) is 1.87. The van der Waals surface area contributed by atoms with Crippen molar-refractivity contribution in [3.05, 3.63) is 74.7 Å². The number of piperazine rings is 1. The smallest absolute Gasteiger partial charge is 0.324 e. The molecule has 0 spiro atoms. The zero-order valence-corrected chi connectivity index (χ0v) is 20.0. The molecule has 1 aliphatic heterocycles. The minimum atomic E-state index is -0.377. The SMILES string of the molecule is CCCCn1c(=O)[nH]c(=O)c2c1nc(CN1CCN(Cc3cccc4ccccc34)CC1)n2C. The molecule has 1 N–H and O–H groups in total. The van der Waals surface area contributed by atoms with Gasteiger partial charge in [-0.1, -0.05) is 55.8 Å². The van der Waals surface area contributed by atoms with Crippen LogP contribution in [0.3, 0.4) is 0 Å². The van der Waals surface area contributed by atoms with Gasteiger partial charge in [-0.2, -0.15) is 0 Å². The molecule has 0 saturated carbocycles. The van der Waals surface area contributed by atoms with Gasteiger partial charge in [0.15, 0.2) is 11.2 Å². The number of nitrogens with one attached hydrogen (secondary N) is 1. The molecule has 1 saturated heterocycles. The molecule has 8 heteroatoms. The molecule has 5 rings (SSSR count). The van der Waals surface area contributed by atoms with Gasteiger partial charge >= 0.3 is 5.69 Å². The summed E-state index contributed by atoms with van der Waals surface area (Å²) in [5.74, 6) is 0.818. The Bertz CT molecular complexity index is 1420. The lowest BCUT2D eigenvalue weighted by Gasteiger charge is -2.34. The number of aromatic nitrogens is 4. The summed E-state index contributed by atoms with van der Waals surface area (Å²) in [6, 6.07) is 15.1. The van der Waals surface area contributed by atoms with E-state index in [1.54, 1.807) is 4.57 Å². The first-order chi connectivity index (χ1) is 16.5. The Labute approximate surface area is 198 Å². The monoisotopic (exact) mass is 460 g/mol. The summed E-state index contributed by atoms with van der Waals surface area (Å²) in [5, 5.41) is 2.61. The molecule has 2 aromatic heterocycles. The molecule has 1 aliphatic rings. The van der Waals surface area contributed by atoms with Gasteiger partial charge in [0, 0.05) is 46.3 Å². The fourth-order valence-corrected chi connectivity index (χ4v) is 4.93. The number of fused-ring (bicyclic) bond motifs is 2. The molecule has 3 heterocycles. The second kappa shape index (κ2) is 9.56. The fourth-order valence-electron chi connectivity index (χ4n) is 4.93. The Hall–Kier alpha value is -3.23. The van der Waals surface area contributed by atoms with E-state index in [-0.39, 0.29) is 11.2 Å². The molecule has 0 unspecified atom stereocenters. The lowest BCUT2D eigenvalue weighted by Crippen LogP contribution is -2.45. The van der Waals surface area contributed by atoms with Crippen molar-refractivity contribution in [3.8, 4) is 0 Å². The lowest BCUT2D eigenvalue weighted by molar-refractivity contribution is 0.119. The highest BCUT2D eigenvalue weighted by Crippen LogP contribution is 2.21.